The van der Waals surface area contributed by atoms with Crippen molar-refractivity contribution < 1.29 is 4.79 Å². The number of aryl methyl sites for hydroxylation is 1. The molecule has 19 heavy (non-hydrogen) atoms. The van der Waals surface area contributed by atoms with Gasteiger partial charge in [0.25, 0.3) is 11.5 Å². The molecule has 0 unspecified atom stereocenters. The molecule has 1 aromatic heterocycles. The monoisotopic (exact) mass is 263 g/mol. The molecular weight excluding hydrogens is 242 g/mol. The summed E-state index contributed by atoms with van der Waals surface area (Å²) < 4.78 is 0. The van der Waals surface area contributed by atoms with Crippen LogP contribution in [0.15, 0.2) is 4.79 Å². The Morgan fingerprint density at radius 3 is 2.42 bits per heavy atom. The van der Waals surface area contributed by atoms with Crippen LogP contribution in [-0.2, 0) is 0 Å². The predicted molar refractivity (Wildman–Crippen MR) is 73.4 cm³/mol. The summed E-state index contributed by atoms with van der Waals surface area (Å²) >= 11 is 0. The number of nitrogens with zero attached hydrogens (tertiary/aromatic N) is 2. The lowest BCUT2D eigenvalue weighted by molar-refractivity contribution is 0.0154. The zero-order valence-corrected chi connectivity index (χ0v) is 12.2. The number of hydrogen-bond acceptors (Lipinski definition) is 3. The maximum atomic E-state index is 12.4. The first-order chi connectivity index (χ1) is 8.74. The summed E-state index contributed by atoms with van der Waals surface area (Å²) in [4.78, 5) is 33.3. The number of H-pyrrole nitrogens is 1. The largest absolute Gasteiger partial charge is 0.333 e. The molecule has 2 heterocycles. The van der Waals surface area contributed by atoms with Crippen molar-refractivity contribution in [3.63, 3.8) is 0 Å². The van der Waals surface area contributed by atoms with Crippen molar-refractivity contribution >= 4 is 5.91 Å². The van der Waals surface area contributed by atoms with E-state index < -0.39 is 0 Å². The standard InChI is InChI=1S/C14H21N3O2/c1-8(2)11-15-9(3)10(12(18)16-11)13(19)17-7-6-14(17,4)5/h8H,6-7H2,1-5H3,(H,15,16,18). The number of carbonyl (C=O) groups excluding carboxylic acids is 1. The normalized spacial score (nSPS) is 17.5. The third kappa shape index (κ3) is 2.29. The second-order valence-electron chi connectivity index (χ2n) is 6.09. The first kappa shape index (κ1) is 13.8. The lowest BCUT2D eigenvalue weighted by Gasteiger charge is -2.48. The molecule has 1 fully saturated rings. The van der Waals surface area contributed by atoms with Crippen LogP contribution in [0.5, 0.6) is 0 Å². The van der Waals surface area contributed by atoms with Crippen molar-refractivity contribution in [2.45, 2.75) is 52.5 Å². The molecule has 0 saturated carbocycles. The van der Waals surface area contributed by atoms with Gasteiger partial charge >= 0.3 is 0 Å². The second kappa shape index (κ2) is 4.47. The van der Waals surface area contributed by atoms with Gasteiger partial charge in [-0.25, -0.2) is 4.98 Å². The van der Waals surface area contributed by atoms with Crippen LogP contribution in [0.4, 0.5) is 0 Å². The minimum absolute atomic E-state index is 0.135. The number of carbonyl (C=O) groups is 1. The van der Waals surface area contributed by atoms with Crippen molar-refractivity contribution in [1.82, 2.24) is 14.9 Å². The quantitative estimate of drug-likeness (QED) is 0.885. The molecule has 5 nitrogen and oxygen atoms in total. The van der Waals surface area contributed by atoms with Crippen molar-refractivity contribution in [1.29, 1.82) is 0 Å². The van der Waals surface area contributed by atoms with Gasteiger partial charge in [-0.3, -0.25) is 9.59 Å². The molecule has 1 saturated heterocycles. The summed E-state index contributed by atoms with van der Waals surface area (Å²) in [5.41, 5.74) is 0.202. The number of amides is 1. The van der Waals surface area contributed by atoms with E-state index in [1.54, 1.807) is 11.8 Å². The van der Waals surface area contributed by atoms with E-state index in [4.69, 9.17) is 0 Å². The smallest absolute Gasteiger partial charge is 0.264 e. The molecule has 1 aliphatic rings. The van der Waals surface area contributed by atoms with Gasteiger partial charge in [0.1, 0.15) is 11.4 Å². The Bertz CT molecular complexity index is 573. The van der Waals surface area contributed by atoms with Crippen LogP contribution < -0.4 is 5.56 Å². The lowest BCUT2D eigenvalue weighted by atomic mass is 9.88. The van der Waals surface area contributed by atoms with Gasteiger partial charge in [-0.1, -0.05) is 13.8 Å². The second-order valence-corrected chi connectivity index (χ2v) is 6.09. The summed E-state index contributed by atoms with van der Waals surface area (Å²) in [5, 5.41) is 0. The topological polar surface area (TPSA) is 66.1 Å². The molecule has 5 heteroatoms. The number of nitrogens with one attached hydrogen (secondary N) is 1. The van der Waals surface area contributed by atoms with Crippen LogP contribution in [0, 0.1) is 6.92 Å². The van der Waals surface area contributed by atoms with Gasteiger partial charge in [0.2, 0.25) is 0 Å². The molecule has 1 aromatic rings. The maximum absolute atomic E-state index is 12.4. The highest BCUT2D eigenvalue weighted by Gasteiger charge is 2.40. The highest BCUT2D eigenvalue weighted by atomic mass is 16.2. The predicted octanol–water partition coefficient (Wildman–Crippen LogP) is 1.83. The Labute approximate surface area is 113 Å². The number of aromatic nitrogens is 2. The number of aromatic amines is 1. The minimum Gasteiger partial charge on any atom is -0.333 e. The highest BCUT2D eigenvalue weighted by molar-refractivity contribution is 5.95. The van der Waals surface area contributed by atoms with Gasteiger partial charge < -0.3 is 9.88 Å². The van der Waals surface area contributed by atoms with Crippen LogP contribution in [0.1, 0.15) is 61.9 Å². The third-order valence-electron chi connectivity index (χ3n) is 3.80. The third-order valence-corrected chi connectivity index (χ3v) is 3.80. The van der Waals surface area contributed by atoms with E-state index in [0.29, 0.717) is 18.1 Å². The molecule has 1 aliphatic heterocycles. The summed E-state index contributed by atoms with van der Waals surface area (Å²) in [7, 11) is 0. The minimum atomic E-state index is -0.330. The Kier molecular flexibility index (Phi) is 3.24. The van der Waals surface area contributed by atoms with E-state index in [2.05, 4.69) is 9.97 Å². The molecule has 104 valence electrons. The zero-order chi connectivity index (χ0) is 14.4. The Hall–Kier alpha value is -1.65. The van der Waals surface area contributed by atoms with E-state index in [9.17, 15) is 9.59 Å². The fourth-order valence-electron chi connectivity index (χ4n) is 2.32. The van der Waals surface area contributed by atoms with E-state index in [-0.39, 0.29) is 28.5 Å². The van der Waals surface area contributed by atoms with Crippen molar-refractivity contribution in [2.75, 3.05) is 6.54 Å². The first-order valence-corrected chi connectivity index (χ1v) is 6.67. The Morgan fingerprint density at radius 1 is 1.42 bits per heavy atom. The summed E-state index contributed by atoms with van der Waals surface area (Å²) in [6, 6.07) is 0. The van der Waals surface area contributed by atoms with Gasteiger partial charge in [-0.05, 0) is 27.2 Å². The molecule has 0 atom stereocenters. The molecule has 0 radical (unpaired) electrons. The molecule has 0 aromatic carbocycles. The molecule has 1 amide bonds. The zero-order valence-electron chi connectivity index (χ0n) is 12.2. The average Bonchev–Trinajstić information content (AvgIpc) is 2.26. The Balaban J connectivity index is 2.41. The fourth-order valence-corrected chi connectivity index (χ4v) is 2.32. The van der Waals surface area contributed by atoms with Crippen LogP contribution in [-0.4, -0.2) is 32.9 Å². The van der Waals surface area contributed by atoms with Crippen LogP contribution in [0.3, 0.4) is 0 Å². The molecule has 0 spiro atoms. The van der Waals surface area contributed by atoms with Gasteiger partial charge in [-0.2, -0.15) is 0 Å². The molecule has 1 N–H and O–H groups in total. The van der Waals surface area contributed by atoms with Gasteiger partial charge in [-0.15, -0.1) is 0 Å². The van der Waals surface area contributed by atoms with Crippen LogP contribution in [0.2, 0.25) is 0 Å². The SMILES string of the molecule is Cc1nc(C(C)C)[nH]c(=O)c1C(=O)N1CCC1(C)C. The highest BCUT2D eigenvalue weighted by Crippen LogP contribution is 2.30. The molecular formula is C14H21N3O2. The van der Waals surface area contributed by atoms with Gasteiger partial charge in [0, 0.05) is 18.0 Å². The number of hydrogen-bond donors (Lipinski definition) is 1. The van der Waals surface area contributed by atoms with Crippen LogP contribution in [0.25, 0.3) is 0 Å². The van der Waals surface area contributed by atoms with E-state index in [1.807, 2.05) is 27.7 Å². The summed E-state index contributed by atoms with van der Waals surface area (Å²) in [5.74, 6) is 0.552. The molecule has 2 rings (SSSR count). The number of rotatable bonds is 2. The lowest BCUT2D eigenvalue weighted by Crippen LogP contribution is -2.59. The van der Waals surface area contributed by atoms with Gasteiger partial charge in [0.05, 0.1) is 5.69 Å². The van der Waals surface area contributed by atoms with Crippen LogP contribution >= 0.6 is 0 Å². The van der Waals surface area contributed by atoms with Crippen molar-refractivity contribution in [3.05, 3.63) is 27.4 Å². The van der Waals surface area contributed by atoms with E-state index in [1.165, 1.54) is 0 Å². The van der Waals surface area contributed by atoms with Gasteiger partial charge in [0.15, 0.2) is 0 Å². The molecule has 0 bridgehead atoms. The fraction of sp³-hybridized carbons (Fsp3) is 0.643. The van der Waals surface area contributed by atoms with E-state index in [0.717, 1.165) is 6.42 Å². The van der Waals surface area contributed by atoms with Crippen molar-refractivity contribution in [3.8, 4) is 0 Å². The Morgan fingerprint density at radius 2 is 2.05 bits per heavy atom. The molecule has 0 aliphatic carbocycles. The first-order valence-electron chi connectivity index (χ1n) is 6.67. The summed E-state index contributed by atoms with van der Waals surface area (Å²) in [6.07, 6.45) is 0.965. The number of likely N-dealkylation sites (tertiary alicyclic amines) is 1. The maximum Gasteiger partial charge on any atom is 0.264 e. The van der Waals surface area contributed by atoms with E-state index >= 15 is 0 Å². The summed E-state index contributed by atoms with van der Waals surface area (Å²) in [6.45, 7) is 10.4. The van der Waals surface area contributed by atoms with Crippen molar-refractivity contribution in [2.24, 2.45) is 0 Å². The average molecular weight is 263 g/mol.